The molecule has 1 atom stereocenters. The molecule has 1 unspecified atom stereocenters. The molecular formula is C21H25ClN2OS. The Morgan fingerprint density at radius 1 is 1.23 bits per heavy atom. The number of rotatable bonds is 3. The van der Waals surface area contributed by atoms with Crippen molar-refractivity contribution in [1.82, 2.24) is 10.2 Å². The number of carbonyl (C=O) groups is 1. The van der Waals surface area contributed by atoms with Crippen molar-refractivity contribution >= 4 is 38.9 Å². The third kappa shape index (κ3) is 2.61. The number of piperidine rings is 3. The highest BCUT2D eigenvalue weighted by Crippen LogP contribution is 2.46. The summed E-state index contributed by atoms with van der Waals surface area (Å²) in [6.45, 7) is 6.86. The summed E-state index contributed by atoms with van der Waals surface area (Å²) >= 11 is 8.20. The van der Waals surface area contributed by atoms with Gasteiger partial charge in [0.25, 0.3) is 5.91 Å². The minimum atomic E-state index is 0.0320. The molecule has 1 amide bonds. The van der Waals surface area contributed by atoms with Gasteiger partial charge >= 0.3 is 0 Å². The van der Waals surface area contributed by atoms with E-state index in [9.17, 15) is 4.79 Å². The number of carbonyl (C=O) groups excluding carboxylic acids is 1. The van der Waals surface area contributed by atoms with Gasteiger partial charge in [0, 0.05) is 11.6 Å². The Morgan fingerprint density at radius 2 is 1.96 bits per heavy atom. The topological polar surface area (TPSA) is 32.3 Å². The molecule has 1 saturated carbocycles. The van der Waals surface area contributed by atoms with Gasteiger partial charge in [-0.25, -0.2) is 0 Å². The van der Waals surface area contributed by atoms with Crippen molar-refractivity contribution in [3.8, 4) is 0 Å². The highest BCUT2D eigenvalue weighted by molar-refractivity contribution is 7.21. The predicted octanol–water partition coefficient (Wildman–Crippen LogP) is 5.03. The highest BCUT2D eigenvalue weighted by atomic mass is 35.5. The van der Waals surface area contributed by atoms with E-state index in [1.807, 2.05) is 6.07 Å². The standard InChI is InChI=1S/C21H25ClN2OS/c1-21(2)19(13-7-9-24(21)10-8-13)23-20(25)16-11-14-5-6-15(12-3-4-12)17(22)18(14)26-16/h5-6,11-13,19H,3-4,7-10H2,1-2H3,(H,23,25). The molecule has 6 rings (SSSR count). The fraction of sp³-hybridized carbons (Fsp3) is 0.571. The van der Waals surface area contributed by atoms with Crippen molar-refractivity contribution in [3.63, 3.8) is 0 Å². The first-order valence-electron chi connectivity index (χ1n) is 9.73. The molecule has 1 aliphatic carbocycles. The van der Waals surface area contributed by atoms with Crippen LogP contribution in [0.2, 0.25) is 5.02 Å². The van der Waals surface area contributed by atoms with E-state index in [-0.39, 0.29) is 17.5 Å². The van der Waals surface area contributed by atoms with Crippen LogP contribution in [0.5, 0.6) is 0 Å². The van der Waals surface area contributed by atoms with Crippen LogP contribution in [-0.4, -0.2) is 35.5 Å². The molecule has 4 heterocycles. The lowest BCUT2D eigenvalue weighted by Gasteiger charge is -2.56. The molecule has 4 fully saturated rings. The van der Waals surface area contributed by atoms with Crippen molar-refractivity contribution in [1.29, 1.82) is 0 Å². The largest absolute Gasteiger partial charge is 0.346 e. The van der Waals surface area contributed by atoms with Crippen LogP contribution in [0.1, 0.15) is 60.7 Å². The molecule has 1 N–H and O–H groups in total. The average Bonchev–Trinajstić information content (AvgIpc) is 3.36. The summed E-state index contributed by atoms with van der Waals surface area (Å²) in [5.41, 5.74) is 1.29. The number of benzene rings is 1. The van der Waals surface area contributed by atoms with Crippen molar-refractivity contribution in [2.24, 2.45) is 5.92 Å². The fourth-order valence-corrected chi connectivity index (χ4v) is 6.45. The summed E-state index contributed by atoms with van der Waals surface area (Å²) in [5.74, 6) is 1.28. The molecule has 4 aliphatic rings. The van der Waals surface area contributed by atoms with Crippen molar-refractivity contribution in [2.45, 2.75) is 57.0 Å². The molecule has 3 aliphatic heterocycles. The van der Waals surface area contributed by atoms with Gasteiger partial charge in [-0.15, -0.1) is 11.3 Å². The molecule has 2 bridgehead atoms. The molecule has 0 radical (unpaired) electrons. The lowest BCUT2D eigenvalue weighted by atomic mass is 9.72. The first-order chi connectivity index (χ1) is 12.4. The molecule has 138 valence electrons. The fourth-order valence-electron chi connectivity index (χ4n) is 5.00. The van der Waals surface area contributed by atoms with Crippen LogP contribution in [-0.2, 0) is 0 Å². The van der Waals surface area contributed by atoms with E-state index < -0.39 is 0 Å². The maximum absolute atomic E-state index is 13.0. The second kappa shape index (κ2) is 5.95. The quantitative estimate of drug-likeness (QED) is 0.799. The summed E-state index contributed by atoms with van der Waals surface area (Å²) in [5, 5.41) is 5.32. The van der Waals surface area contributed by atoms with Crippen LogP contribution in [0, 0.1) is 5.92 Å². The Morgan fingerprint density at radius 3 is 2.62 bits per heavy atom. The summed E-state index contributed by atoms with van der Waals surface area (Å²) in [6.07, 6.45) is 4.85. The monoisotopic (exact) mass is 388 g/mol. The van der Waals surface area contributed by atoms with E-state index in [4.69, 9.17) is 11.6 Å². The Balaban J connectivity index is 1.43. The Labute approximate surface area is 163 Å². The first kappa shape index (κ1) is 17.0. The molecule has 26 heavy (non-hydrogen) atoms. The number of thiophene rings is 1. The Kier molecular flexibility index (Phi) is 3.90. The summed E-state index contributed by atoms with van der Waals surface area (Å²) in [7, 11) is 0. The number of hydrogen-bond donors (Lipinski definition) is 1. The lowest BCUT2D eigenvalue weighted by Crippen LogP contribution is -2.69. The van der Waals surface area contributed by atoms with Gasteiger partial charge in [-0.05, 0) is 81.5 Å². The van der Waals surface area contributed by atoms with Gasteiger partial charge < -0.3 is 5.32 Å². The number of nitrogens with one attached hydrogen (secondary N) is 1. The normalized spacial score (nSPS) is 29.9. The second-order valence-corrected chi connectivity index (χ2v) is 10.1. The second-order valence-electron chi connectivity index (χ2n) is 8.70. The number of fused-ring (bicyclic) bond motifs is 4. The van der Waals surface area contributed by atoms with Crippen LogP contribution >= 0.6 is 22.9 Å². The van der Waals surface area contributed by atoms with Gasteiger partial charge in [-0.2, -0.15) is 0 Å². The van der Waals surface area contributed by atoms with E-state index >= 15 is 0 Å². The summed E-state index contributed by atoms with van der Waals surface area (Å²) < 4.78 is 1.06. The molecular weight excluding hydrogens is 364 g/mol. The lowest BCUT2D eigenvalue weighted by molar-refractivity contribution is -0.0377. The molecule has 3 nitrogen and oxygen atoms in total. The molecule has 0 spiro atoms. The zero-order valence-corrected chi connectivity index (χ0v) is 16.9. The van der Waals surface area contributed by atoms with Crippen LogP contribution < -0.4 is 5.32 Å². The molecule has 3 saturated heterocycles. The predicted molar refractivity (Wildman–Crippen MR) is 108 cm³/mol. The van der Waals surface area contributed by atoms with Gasteiger partial charge in [-0.3, -0.25) is 9.69 Å². The number of halogens is 1. The molecule has 1 aromatic heterocycles. The third-order valence-electron chi connectivity index (χ3n) is 6.77. The van der Waals surface area contributed by atoms with Gasteiger partial charge in [0.15, 0.2) is 0 Å². The van der Waals surface area contributed by atoms with Crippen LogP contribution in [0.25, 0.3) is 10.1 Å². The summed E-state index contributed by atoms with van der Waals surface area (Å²) in [6, 6.07) is 6.50. The number of nitrogens with zero attached hydrogens (tertiary/aromatic N) is 1. The minimum absolute atomic E-state index is 0.0320. The maximum Gasteiger partial charge on any atom is 0.261 e. The van der Waals surface area contributed by atoms with E-state index in [2.05, 4.69) is 36.2 Å². The maximum atomic E-state index is 13.0. The highest BCUT2D eigenvalue weighted by Gasteiger charge is 2.48. The van der Waals surface area contributed by atoms with Crippen molar-refractivity contribution in [3.05, 3.63) is 33.7 Å². The van der Waals surface area contributed by atoms with Gasteiger partial charge in [-0.1, -0.05) is 23.7 Å². The summed E-state index contributed by atoms with van der Waals surface area (Å²) in [4.78, 5) is 16.3. The van der Waals surface area contributed by atoms with Gasteiger partial charge in [0.05, 0.1) is 14.6 Å². The Hall–Kier alpha value is -1.10. The Bertz CT molecular complexity index is 878. The average molecular weight is 389 g/mol. The molecule has 5 heteroatoms. The van der Waals surface area contributed by atoms with Gasteiger partial charge in [0.2, 0.25) is 0 Å². The number of amides is 1. The third-order valence-corrected chi connectivity index (χ3v) is 8.46. The zero-order chi connectivity index (χ0) is 18.1. The van der Waals surface area contributed by atoms with E-state index in [1.165, 1.54) is 31.2 Å². The molecule has 2 aromatic rings. The first-order valence-corrected chi connectivity index (χ1v) is 10.9. The SMILES string of the molecule is CC1(C)C(NC(=O)c2cc3ccc(C4CC4)c(Cl)c3s2)C2CCN1CC2. The van der Waals surface area contributed by atoms with Crippen molar-refractivity contribution < 1.29 is 4.79 Å². The minimum Gasteiger partial charge on any atom is -0.346 e. The smallest absolute Gasteiger partial charge is 0.261 e. The van der Waals surface area contributed by atoms with Gasteiger partial charge in [0.1, 0.15) is 0 Å². The van der Waals surface area contributed by atoms with Crippen LogP contribution in [0.4, 0.5) is 0 Å². The van der Waals surface area contributed by atoms with E-state index in [0.29, 0.717) is 11.8 Å². The molecule has 1 aromatic carbocycles. The van der Waals surface area contributed by atoms with Crippen molar-refractivity contribution in [2.75, 3.05) is 13.1 Å². The zero-order valence-electron chi connectivity index (χ0n) is 15.3. The van der Waals surface area contributed by atoms with Crippen LogP contribution in [0.15, 0.2) is 18.2 Å². The van der Waals surface area contributed by atoms with Crippen LogP contribution in [0.3, 0.4) is 0 Å². The van der Waals surface area contributed by atoms with E-state index in [1.54, 1.807) is 11.3 Å². The van der Waals surface area contributed by atoms with E-state index in [0.717, 1.165) is 33.1 Å². The number of hydrogen-bond acceptors (Lipinski definition) is 3.